The van der Waals surface area contributed by atoms with Crippen molar-refractivity contribution in [1.29, 1.82) is 0 Å². The molecule has 204 valence electrons. The summed E-state index contributed by atoms with van der Waals surface area (Å²) < 4.78 is 62.9. The smallest absolute Gasteiger partial charge is 0.470 e. The minimum absolute atomic E-state index is 0.0235. The summed E-state index contributed by atoms with van der Waals surface area (Å²) in [4.78, 5) is 22.7. The van der Waals surface area contributed by atoms with E-state index in [2.05, 4.69) is 25.2 Å². The number of nitrogens with zero attached hydrogens (tertiary/aromatic N) is 2. The first kappa shape index (κ1) is 28.4. The number of alkyl halides is 3. The molecule has 0 spiro atoms. The maximum absolute atomic E-state index is 14.6. The van der Waals surface area contributed by atoms with Crippen molar-refractivity contribution >= 4 is 17.6 Å². The molecular weight excluding hydrogens is 512 g/mol. The Morgan fingerprint density at radius 2 is 1.87 bits per heavy atom. The molecule has 0 radical (unpaired) electrons. The molecule has 0 fully saturated rings. The van der Waals surface area contributed by atoms with Crippen molar-refractivity contribution in [2.24, 2.45) is 0 Å². The third kappa shape index (κ3) is 8.18. The molecular formula is C25H26F4N4O5. The van der Waals surface area contributed by atoms with E-state index in [9.17, 15) is 27.2 Å². The lowest BCUT2D eigenvalue weighted by Crippen LogP contribution is -2.27. The first-order valence-electron chi connectivity index (χ1n) is 11.8. The molecule has 0 aliphatic heterocycles. The summed E-state index contributed by atoms with van der Waals surface area (Å²) in [5, 5.41) is 20.7. The third-order valence-electron chi connectivity index (χ3n) is 5.34. The van der Waals surface area contributed by atoms with Crippen LogP contribution in [0.1, 0.15) is 48.9 Å². The summed E-state index contributed by atoms with van der Waals surface area (Å²) >= 11 is 0. The predicted molar refractivity (Wildman–Crippen MR) is 128 cm³/mol. The van der Waals surface area contributed by atoms with Crippen LogP contribution in [0.25, 0.3) is 11.5 Å². The van der Waals surface area contributed by atoms with Gasteiger partial charge in [0.05, 0.1) is 18.0 Å². The average Bonchev–Trinajstić information content (AvgIpc) is 3.36. The van der Waals surface area contributed by atoms with Crippen molar-refractivity contribution in [1.82, 2.24) is 15.5 Å². The number of carboxylic acid groups (broad SMARTS) is 1. The van der Waals surface area contributed by atoms with Gasteiger partial charge in [-0.15, -0.1) is 10.2 Å². The summed E-state index contributed by atoms with van der Waals surface area (Å²) in [6, 6.07) is 10.1. The number of nitrogens with one attached hydrogen (secondary N) is 2. The number of benzene rings is 2. The summed E-state index contributed by atoms with van der Waals surface area (Å²) in [5.41, 5.74) is 0.810. The van der Waals surface area contributed by atoms with Gasteiger partial charge in [-0.2, -0.15) is 13.2 Å². The van der Waals surface area contributed by atoms with Gasteiger partial charge in [-0.1, -0.05) is 19.8 Å². The molecule has 0 saturated carbocycles. The standard InChI is InChI=1S/C25H26F4N4O5/c1-2-3-4-17(31-16-7-5-15(6-8-16)22(36)30-12-11-21(34)35)14-37-18-9-10-19(20(26)13-18)23-32-33-24(38-23)25(27,28)29/h5-10,13,17,31H,2-4,11-12,14H2,1H3,(H,30,36)(H,34,35). The van der Waals surface area contributed by atoms with E-state index in [1.165, 1.54) is 12.1 Å². The number of hydrogen-bond acceptors (Lipinski definition) is 7. The number of carbonyl (C=O) groups excluding carboxylic acids is 1. The number of unbranched alkanes of at least 4 members (excludes halogenated alkanes) is 1. The fourth-order valence-corrected chi connectivity index (χ4v) is 3.39. The molecule has 0 aliphatic carbocycles. The van der Waals surface area contributed by atoms with Crippen molar-refractivity contribution in [3.63, 3.8) is 0 Å². The topological polar surface area (TPSA) is 127 Å². The highest BCUT2D eigenvalue weighted by atomic mass is 19.4. The number of rotatable bonds is 13. The molecule has 1 atom stereocenters. The average molecular weight is 538 g/mol. The molecule has 0 bridgehead atoms. The summed E-state index contributed by atoms with van der Waals surface area (Å²) in [6.07, 6.45) is -2.46. The number of anilines is 1. The molecule has 0 aliphatic rings. The fourth-order valence-electron chi connectivity index (χ4n) is 3.39. The Morgan fingerprint density at radius 1 is 1.13 bits per heavy atom. The molecule has 3 aromatic rings. The largest absolute Gasteiger partial charge is 0.491 e. The van der Waals surface area contributed by atoms with Crippen LogP contribution in [0.15, 0.2) is 46.9 Å². The zero-order chi connectivity index (χ0) is 27.7. The Balaban J connectivity index is 1.61. The van der Waals surface area contributed by atoms with E-state index in [4.69, 9.17) is 9.84 Å². The van der Waals surface area contributed by atoms with Gasteiger partial charge in [0.2, 0.25) is 0 Å². The van der Waals surface area contributed by atoms with E-state index in [0.29, 0.717) is 5.56 Å². The normalized spacial score (nSPS) is 12.1. The second-order valence-electron chi connectivity index (χ2n) is 8.32. The quantitative estimate of drug-likeness (QED) is 0.255. The van der Waals surface area contributed by atoms with Crippen LogP contribution in [0, 0.1) is 5.82 Å². The lowest BCUT2D eigenvalue weighted by Gasteiger charge is -2.21. The van der Waals surface area contributed by atoms with E-state index in [1.807, 2.05) is 6.92 Å². The summed E-state index contributed by atoms with van der Waals surface area (Å²) in [6.45, 7) is 2.22. The third-order valence-corrected chi connectivity index (χ3v) is 5.34. The highest BCUT2D eigenvalue weighted by Crippen LogP contribution is 2.32. The number of carbonyl (C=O) groups is 2. The first-order valence-corrected chi connectivity index (χ1v) is 11.8. The van der Waals surface area contributed by atoms with Crippen LogP contribution < -0.4 is 15.4 Å². The van der Waals surface area contributed by atoms with E-state index in [0.717, 1.165) is 31.0 Å². The van der Waals surface area contributed by atoms with Gasteiger partial charge in [0, 0.05) is 23.9 Å². The Hall–Kier alpha value is -4.16. The maximum Gasteiger partial charge on any atom is 0.470 e. The van der Waals surface area contributed by atoms with Crippen LogP contribution in [-0.4, -0.2) is 46.4 Å². The maximum atomic E-state index is 14.6. The van der Waals surface area contributed by atoms with Crippen molar-refractivity contribution in [2.45, 2.75) is 44.8 Å². The molecule has 9 nitrogen and oxygen atoms in total. The lowest BCUT2D eigenvalue weighted by atomic mass is 10.1. The molecule has 1 heterocycles. The van der Waals surface area contributed by atoms with Crippen LogP contribution in [-0.2, 0) is 11.0 Å². The van der Waals surface area contributed by atoms with Gasteiger partial charge in [0.15, 0.2) is 0 Å². The second kappa shape index (κ2) is 12.9. The molecule has 13 heteroatoms. The minimum atomic E-state index is -4.83. The molecule has 3 N–H and O–H groups in total. The number of hydrogen-bond donors (Lipinski definition) is 3. The van der Waals surface area contributed by atoms with E-state index in [1.54, 1.807) is 24.3 Å². The van der Waals surface area contributed by atoms with Gasteiger partial charge in [-0.05, 0) is 42.8 Å². The van der Waals surface area contributed by atoms with Gasteiger partial charge in [-0.3, -0.25) is 9.59 Å². The molecule has 1 amide bonds. The Kier molecular flexibility index (Phi) is 9.63. The van der Waals surface area contributed by atoms with Gasteiger partial charge in [-0.25, -0.2) is 4.39 Å². The SMILES string of the molecule is CCCCC(COc1ccc(-c2nnc(C(F)(F)F)o2)c(F)c1)Nc1ccc(C(=O)NCCC(=O)O)cc1. The van der Waals surface area contributed by atoms with Crippen LogP contribution in [0.4, 0.5) is 23.2 Å². The number of halogens is 4. The summed E-state index contributed by atoms with van der Waals surface area (Å²) in [5.74, 6) is -4.26. The minimum Gasteiger partial charge on any atom is -0.491 e. The Bertz CT molecular complexity index is 1230. The first-order chi connectivity index (χ1) is 18.1. The zero-order valence-electron chi connectivity index (χ0n) is 20.3. The predicted octanol–water partition coefficient (Wildman–Crippen LogP) is 5.15. The van der Waals surface area contributed by atoms with Crippen molar-refractivity contribution in [3.8, 4) is 17.2 Å². The molecule has 3 rings (SSSR count). The van der Waals surface area contributed by atoms with E-state index >= 15 is 0 Å². The van der Waals surface area contributed by atoms with Gasteiger partial charge in [0.1, 0.15) is 18.2 Å². The molecule has 2 aromatic carbocycles. The molecule has 0 saturated heterocycles. The fraction of sp³-hybridized carbons (Fsp3) is 0.360. The highest BCUT2D eigenvalue weighted by molar-refractivity contribution is 5.94. The zero-order valence-corrected chi connectivity index (χ0v) is 20.3. The summed E-state index contributed by atoms with van der Waals surface area (Å²) in [7, 11) is 0. The molecule has 38 heavy (non-hydrogen) atoms. The van der Waals surface area contributed by atoms with Crippen LogP contribution in [0.3, 0.4) is 0 Å². The highest BCUT2D eigenvalue weighted by Gasteiger charge is 2.38. The Morgan fingerprint density at radius 3 is 2.47 bits per heavy atom. The lowest BCUT2D eigenvalue weighted by molar-refractivity contribution is -0.157. The van der Waals surface area contributed by atoms with Crippen LogP contribution >= 0.6 is 0 Å². The Labute approximate surface area is 215 Å². The van der Waals surface area contributed by atoms with Crippen LogP contribution in [0.2, 0.25) is 0 Å². The van der Waals surface area contributed by atoms with Gasteiger partial charge < -0.3 is 24.9 Å². The second-order valence-corrected chi connectivity index (χ2v) is 8.32. The molecule has 1 unspecified atom stereocenters. The van der Waals surface area contributed by atoms with Gasteiger partial charge in [0.25, 0.3) is 11.8 Å². The number of amides is 1. The number of aliphatic carboxylic acids is 1. The van der Waals surface area contributed by atoms with E-state index < -0.39 is 29.7 Å². The van der Waals surface area contributed by atoms with Gasteiger partial charge >= 0.3 is 18.0 Å². The van der Waals surface area contributed by atoms with Crippen LogP contribution in [0.5, 0.6) is 5.75 Å². The molecule has 1 aromatic heterocycles. The number of ether oxygens (including phenoxy) is 1. The van der Waals surface area contributed by atoms with Crippen molar-refractivity contribution < 1.29 is 41.4 Å². The number of aromatic nitrogens is 2. The van der Waals surface area contributed by atoms with Crippen molar-refractivity contribution in [3.05, 3.63) is 59.7 Å². The van der Waals surface area contributed by atoms with E-state index in [-0.39, 0.29) is 42.8 Å². The number of carboxylic acids is 1. The monoisotopic (exact) mass is 538 g/mol. The van der Waals surface area contributed by atoms with Crippen molar-refractivity contribution in [2.75, 3.05) is 18.5 Å².